The van der Waals surface area contributed by atoms with Crippen molar-refractivity contribution in [2.45, 2.75) is 19.3 Å². The number of fused-ring (bicyclic) bond motifs is 4. The van der Waals surface area contributed by atoms with Crippen LogP contribution in [0.25, 0.3) is 33.0 Å². The minimum Gasteiger partial charge on any atom is -0.310 e. The summed E-state index contributed by atoms with van der Waals surface area (Å²) in [4.78, 5) is 2.41. The summed E-state index contributed by atoms with van der Waals surface area (Å²) < 4.78 is 1.07. The first-order chi connectivity index (χ1) is 19.0. The molecule has 2 heteroatoms. The average molecular weight is 567 g/mol. The van der Waals surface area contributed by atoms with Crippen LogP contribution >= 0.6 is 15.9 Å². The summed E-state index contributed by atoms with van der Waals surface area (Å²) >= 11 is 3.64. The largest absolute Gasteiger partial charge is 0.310 e. The third kappa shape index (κ3) is 3.90. The van der Waals surface area contributed by atoms with E-state index in [0.29, 0.717) is 0 Å². The fourth-order valence-corrected chi connectivity index (χ4v) is 6.46. The van der Waals surface area contributed by atoms with Crippen molar-refractivity contribution in [3.05, 3.63) is 149 Å². The zero-order valence-corrected chi connectivity index (χ0v) is 23.6. The van der Waals surface area contributed by atoms with E-state index in [1.807, 2.05) is 0 Å². The molecular formula is C37H28BrN. The van der Waals surface area contributed by atoms with Gasteiger partial charge in [-0.3, -0.25) is 0 Å². The van der Waals surface area contributed by atoms with Crippen molar-refractivity contribution in [2.75, 3.05) is 4.90 Å². The lowest BCUT2D eigenvalue weighted by Crippen LogP contribution is -2.16. The molecule has 0 fully saturated rings. The Morgan fingerprint density at radius 2 is 1.13 bits per heavy atom. The van der Waals surface area contributed by atoms with Crippen LogP contribution in [0.1, 0.15) is 25.0 Å². The van der Waals surface area contributed by atoms with Gasteiger partial charge in [-0.15, -0.1) is 0 Å². The Hall–Kier alpha value is -4.14. The molecule has 188 valence electrons. The Morgan fingerprint density at radius 3 is 1.92 bits per heavy atom. The van der Waals surface area contributed by atoms with Crippen LogP contribution in [0.15, 0.2) is 138 Å². The second kappa shape index (κ2) is 9.25. The molecule has 0 saturated carbocycles. The monoisotopic (exact) mass is 565 g/mol. The Balaban J connectivity index is 1.46. The molecule has 1 aliphatic rings. The van der Waals surface area contributed by atoms with Crippen LogP contribution in [0.2, 0.25) is 0 Å². The van der Waals surface area contributed by atoms with Crippen LogP contribution in [-0.2, 0) is 5.41 Å². The van der Waals surface area contributed by atoms with Crippen molar-refractivity contribution < 1.29 is 0 Å². The first-order valence-electron chi connectivity index (χ1n) is 13.4. The molecule has 6 aromatic carbocycles. The van der Waals surface area contributed by atoms with Gasteiger partial charge in [0.1, 0.15) is 0 Å². The van der Waals surface area contributed by atoms with Gasteiger partial charge in [-0.1, -0.05) is 121 Å². The van der Waals surface area contributed by atoms with Gasteiger partial charge in [0.2, 0.25) is 0 Å². The highest BCUT2D eigenvalue weighted by molar-refractivity contribution is 9.10. The predicted octanol–water partition coefficient (Wildman–Crippen LogP) is 11.0. The van der Waals surface area contributed by atoms with E-state index in [0.717, 1.165) is 15.8 Å². The van der Waals surface area contributed by atoms with E-state index < -0.39 is 0 Å². The molecule has 0 amide bonds. The number of benzene rings is 6. The molecule has 6 aromatic rings. The minimum atomic E-state index is -0.0629. The van der Waals surface area contributed by atoms with Crippen molar-refractivity contribution in [1.29, 1.82) is 0 Å². The van der Waals surface area contributed by atoms with Crippen molar-refractivity contribution >= 4 is 43.8 Å². The van der Waals surface area contributed by atoms with Crippen molar-refractivity contribution in [1.82, 2.24) is 0 Å². The summed E-state index contributed by atoms with van der Waals surface area (Å²) in [5.41, 5.74) is 11.3. The third-order valence-electron chi connectivity index (χ3n) is 8.14. The number of anilines is 3. The van der Waals surface area contributed by atoms with Crippen LogP contribution in [-0.4, -0.2) is 0 Å². The molecule has 0 unspecified atom stereocenters. The van der Waals surface area contributed by atoms with Gasteiger partial charge in [0, 0.05) is 26.6 Å². The lowest BCUT2D eigenvalue weighted by molar-refractivity contribution is 0.660. The Bertz CT molecular complexity index is 1830. The maximum atomic E-state index is 3.64. The maximum Gasteiger partial charge on any atom is 0.0540 e. The number of halogens is 1. The van der Waals surface area contributed by atoms with Crippen molar-refractivity contribution in [3.8, 4) is 22.3 Å². The third-order valence-corrected chi connectivity index (χ3v) is 8.67. The smallest absolute Gasteiger partial charge is 0.0540 e. The number of rotatable bonds is 4. The molecule has 0 atom stereocenters. The van der Waals surface area contributed by atoms with Crippen LogP contribution < -0.4 is 4.90 Å². The summed E-state index contributed by atoms with van der Waals surface area (Å²) in [7, 11) is 0. The number of nitrogens with zero attached hydrogens (tertiary/aromatic N) is 1. The van der Waals surface area contributed by atoms with E-state index in [2.05, 4.69) is 168 Å². The van der Waals surface area contributed by atoms with Crippen LogP contribution in [0, 0.1) is 0 Å². The van der Waals surface area contributed by atoms with Gasteiger partial charge in [-0.25, -0.2) is 0 Å². The topological polar surface area (TPSA) is 3.24 Å². The highest BCUT2D eigenvalue weighted by Gasteiger charge is 2.35. The first-order valence-corrected chi connectivity index (χ1v) is 14.2. The molecule has 0 aromatic heterocycles. The lowest BCUT2D eigenvalue weighted by atomic mass is 9.82. The Labute approximate surface area is 238 Å². The highest BCUT2D eigenvalue weighted by Crippen LogP contribution is 2.51. The van der Waals surface area contributed by atoms with Gasteiger partial charge in [0.25, 0.3) is 0 Å². The lowest BCUT2D eigenvalue weighted by Gasteiger charge is -2.29. The van der Waals surface area contributed by atoms with Gasteiger partial charge in [0.05, 0.1) is 5.69 Å². The van der Waals surface area contributed by atoms with E-state index in [1.165, 1.54) is 49.8 Å². The van der Waals surface area contributed by atoms with E-state index in [-0.39, 0.29) is 5.41 Å². The minimum absolute atomic E-state index is 0.0629. The van der Waals surface area contributed by atoms with Crippen LogP contribution in [0.3, 0.4) is 0 Å². The van der Waals surface area contributed by atoms with Gasteiger partial charge in [0.15, 0.2) is 0 Å². The molecule has 0 N–H and O–H groups in total. The molecule has 0 aliphatic heterocycles. The molecule has 0 spiro atoms. The quantitative estimate of drug-likeness (QED) is 0.205. The standard InChI is InChI=1S/C37H28BrN/c1-37(2)34-15-9-8-13-31(34)32-21-20-28(24-35(32)37)39(27-18-16-26(38)17-19-27)36-23-22-29(25-10-4-3-5-11-25)30-12-6-7-14-33(30)36/h3-24H,1-2H3. The van der Waals surface area contributed by atoms with Crippen molar-refractivity contribution in [3.63, 3.8) is 0 Å². The molecule has 0 heterocycles. The van der Waals surface area contributed by atoms with Gasteiger partial charge in [-0.05, 0) is 81.2 Å². The molecule has 1 nitrogen and oxygen atoms in total. The second-order valence-electron chi connectivity index (χ2n) is 10.8. The van der Waals surface area contributed by atoms with E-state index in [1.54, 1.807) is 0 Å². The predicted molar refractivity (Wildman–Crippen MR) is 169 cm³/mol. The zero-order chi connectivity index (χ0) is 26.6. The molecule has 1 aliphatic carbocycles. The summed E-state index contributed by atoms with van der Waals surface area (Å²) in [5.74, 6) is 0. The van der Waals surface area contributed by atoms with Gasteiger partial charge < -0.3 is 4.90 Å². The number of hydrogen-bond acceptors (Lipinski definition) is 1. The zero-order valence-electron chi connectivity index (χ0n) is 22.0. The van der Waals surface area contributed by atoms with Crippen LogP contribution in [0.4, 0.5) is 17.1 Å². The Kier molecular flexibility index (Phi) is 5.68. The summed E-state index contributed by atoms with van der Waals surface area (Å²) in [6.45, 7) is 4.69. The molecule has 0 saturated heterocycles. The molecular weight excluding hydrogens is 538 g/mol. The molecule has 0 radical (unpaired) electrons. The molecule has 7 rings (SSSR count). The Morgan fingerprint density at radius 1 is 0.513 bits per heavy atom. The second-order valence-corrected chi connectivity index (χ2v) is 11.7. The van der Waals surface area contributed by atoms with E-state index in [4.69, 9.17) is 0 Å². The first kappa shape index (κ1) is 23.9. The fraction of sp³-hybridized carbons (Fsp3) is 0.0811. The SMILES string of the molecule is CC1(C)c2ccccc2-c2ccc(N(c3ccc(Br)cc3)c3ccc(-c4ccccc4)c4ccccc34)cc21. The summed E-state index contributed by atoms with van der Waals surface area (Å²) in [6, 6.07) is 48.4. The van der Waals surface area contributed by atoms with Gasteiger partial charge in [-0.2, -0.15) is 0 Å². The van der Waals surface area contributed by atoms with E-state index >= 15 is 0 Å². The average Bonchev–Trinajstić information content (AvgIpc) is 3.21. The summed E-state index contributed by atoms with van der Waals surface area (Å²) in [6.07, 6.45) is 0. The number of hydrogen-bond donors (Lipinski definition) is 0. The molecule has 39 heavy (non-hydrogen) atoms. The fourth-order valence-electron chi connectivity index (χ4n) is 6.20. The normalized spacial score (nSPS) is 13.2. The summed E-state index contributed by atoms with van der Waals surface area (Å²) in [5, 5.41) is 2.47. The van der Waals surface area contributed by atoms with E-state index in [9.17, 15) is 0 Å². The maximum absolute atomic E-state index is 3.64. The van der Waals surface area contributed by atoms with Gasteiger partial charge >= 0.3 is 0 Å². The van der Waals surface area contributed by atoms with Crippen LogP contribution in [0.5, 0.6) is 0 Å². The van der Waals surface area contributed by atoms with Crippen molar-refractivity contribution in [2.24, 2.45) is 0 Å². The highest BCUT2D eigenvalue weighted by atomic mass is 79.9. The molecule has 0 bridgehead atoms.